The SMILES string of the molecule is CC(C)(NC(=O)OCC1c2ccccc2-c2ccccc21)C(=O)N1CC2CCC(C1)C2C(=O)O. The van der Waals surface area contributed by atoms with Gasteiger partial charge in [0, 0.05) is 19.0 Å². The number of hydrogen-bond donors (Lipinski definition) is 2. The van der Waals surface area contributed by atoms with Crippen LogP contribution in [0, 0.1) is 17.8 Å². The van der Waals surface area contributed by atoms with Gasteiger partial charge in [0.2, 0.25) is 5.91 Å². The highest BCUT2D eigenvalue weighted by Gasteiger charge is 2.49. The van der Waals surface area contributed by atoms with Crippen LogP contribution >= 0.6 is 0 Å². The average Bonchev–Trinajstić information content (AvgIpc) is 3.28. The van der Waals surface area contributed by atoms with Gasteiger partial charge in [-0.1, -0.05) is 48.5 Å². The van der Waals surface area contributed by atoms with Crippen LogP contribution in [0.4, 0.5) is 4.79 Å². The molecule has 0 radical (unpaired) electrons. The van der Waals surface area contributed by atoms with E-state index in [1.54, 1.807) is 18.7 Å². The van der Waals surface area contributed by atoms with E-state index in [-0.39, 0.29) is 36.2 Å². The topological polar surface area (TPSA) is 95.9 Å². The third-order valence-electron chi connectivity index (χ3n) is 7.70. The maximum absolute atomic E-state index is 13.2. The monoisotopic (exact) mass is 462 g/mol. The summed E-state index contributed by atoms with van der Waals surface area (Å²) in [5.74, 6) is -1.45. The lowest BCUT2D eigenvalue weighted by Gasteiger charge is -2.39. The number of carbonyl (C=O) groups is 3. The Kier molecular flexibility index (Phi) is 5.58. The number of nitrogens with zero attached hydrogens (tertiary/aromatic N) is 1. The van der Waals surface area contributed by atoms with Crippen molar-refractivity contribution in [3.8, 4) is 11.1 Å². The lowest BCUT2D eigenvalue weighted by molar-refractivity contribution is -0.151. The van der Waals surface area contributed by atoms with Crippen LogP contribution in [0.1, 0.15) is 43.7 Å². The third-order valence-corrected chi connectivity index (χ3v) is 7.70. The number of alkyl carbamates (subject to hydrolysis) is 1. The molecule has 2 atom stereocenters. The smallest absolute Gasteiger partial charge is 0.408 e. The van der Waals surface area contributed by atoms with E-state index in [9.17, 15) is 19.5 Å². The molecule has 2 fully saturated rings. The zero-order valence-corrected chi connectivity index (χ0v) is 19.5. The molecule has 2 bridgehead atoms. The summed E-state index contributed by atoms with van der Waals surface area (Å²) in [6.07, 6.45) is 1.01. The van der Waals surface area contributed by atoms with Crippen LogP contribution in [0.3, 0.4) is 0 Å². The highest BCUT2D eigenvalue weighted by Crippen LogP contribution is 2.45. The number of ether oxygens (including phenoxy) is 1. The van der Waals surface area contributed by atoms with Crippen molar-refractivity contribution in [2.24, 2.45) is 17.8 Å². The second kappa shape index (κ2) is 8.46. The molecule has 2 unspecified atom stereocenters. The Morgan fingerprint density at radius 1 is 0.971 bits per heavy atom. The Morgan fingerprint density at radius 2 is 1.50 bits per heavy atom. The van der Waals surface area contributed by atoms with Crippen LogP contribution in [0.15, 0.2) is 48.5 Å². The van der Waals surface area contributed by atoms with Gasteiger partial charge in [0.25, 0.3) is 0 Å². The number of rotatable bonds is 5. The van der Waals surface area contributed by atoms with Gasteiger partial charge in [-0.25, -0.2) is 4.79 Å². The molecule has 1 heterocycles. The predicted molar refractivity (Wildman–Crippen MR) is 126 cm³/mol. The first kappa shape index (κ1) is 22.4. The van der Waals surface area contributed by atoms with Gasteiger partial charge in [-0.3, -0.25) is 9.59 Å². The summed E-state index contributed by atoms with van der Waals surface area (Å²) in [6.45, 7) is 4.35. The van der Waals surface area contributed by atoms with Crippen LogP contribution in [0.25, 0.3) is 11.1 Å². The molecule has 178 valence electrons. The molecule has 2 aromatic carbocycles. The van der Waals surface area contributed by atoms with E-state index in [0.29, 0.717) is 13.1 Å². The van der Waals surface area contributed by atoms with Crippen molar-refractivity contribution in [1.82, 2.24) is 10.2 Å². The highest BCUT2D eigenvalue weighted by atomic mass is 16.5. The van der Waals surface area contributed by atoms with Crippen LogP contribution in [0.2, 0.25) is 0 Å². The lowest BCUT2D eigenvalue weighted by Crippen LogP contribution is -2.59. The summed E-state index contributed by atoms with van der Waals surface area (Å²) in [6, 6.07) is 16.3. The molecule has 5 rings (SSSR count). The van der Waals surface area contributed by atoms with E-state index in [1.807, 2.05) is 24.3 Å². The molecule has 7 heteroatoms. The first-order chi connectivity index (χ1) is 16.3. The number of carboxylic acids is 1. The highest BCUT2D eigenvalue weighted by molar-refractivity contribution is 5.89. The molecule has 2 aromatic rings. The molecule has 2 amide bonds. The van der Waals surface area contributed by atoms with Gasteiger partial charge in [0.1, 0.15) is 12.1 Å². The second-order valence-electron chi connectivity index (χ2n) is 10.2. The Bertz CT molecular complexity index is 1080. The molecule has 0 spiro atoms. The predicted octanol–water partition coefficient (Wildman–Crippen LogP) is 3.87. The van der Waals surface area contributed by atoms with Crippen LogP contribution < -0.4 is 5.32 Å². The number of amides is 2. The number of carbonyl (C=O) groups excluding carboxylic acids is 2. The molecule has 0 aromatic heterocycles. The van der Waals surface area contributed by atoms with Gasteiger partial charge in [0.05, 0.1) is 5.92 Å². The first-order valence-corrected chi connectivity index (χ1v) is 11.9. The van der Waals surface area contributed by atoms with E-state index in [2.05, 4.69) is 29.6 Å². The molecule has 34 heavy (non-hydrogen) atoms. The Balaban J connectivity index is 1.22. The fraction of sp³-hybridized carbons (Fsp3) is 0.444. The number of piperidine rings is 1. The lowest BCUT2D eigenvalue weighted by atomic mass is 9.84. The Morgan fingerprint density at radius 3 is 2.03 bits per heavy atom. The van der Waals surface area contributed by atoms with Gasteiger partial charge in [-0.15, -0.1) is 0 Å². The fourth-order valence-corrected chi connectivity index (χ4v) is 6.13. The van der Waals surface area contributed by atoms with E-state index in [1.165, 1.54) is 0 Å². The molecule has 2 N–H and O–H groups in total. The van der Waals surface area contributed by atoms with Gasteiger partial charge in [-0.05, 0) is 60.8 Å². The summed E-state index contributed by atoms with van der Waals surface area (Å²) in [5.41, 5.74) is 3.41. The number of likely N-dealkylation sites (tertiary alicyclic amines) is 1. The minimum Gasteiger partial charge on any atom is -0.481 e. The second-order valence-corrected chi connectivity index (χ2v) is 10.2. The van der Waals surface area contributed by atoms with Gasteiger partial charge < -0.3 is 20.1 Å². The van der Waals surface area contributed by atoms with Gasteiger partial charge in [-0.2, -0.15) is 0 Å². The minimum absolute atomic E-state index is 0.0227. The summed E-state index contributed by atoms with van der Waals surface area (Å²) >= 11 is 0. The van der Waals surface area contributed by atoms with Gasteiger partial charge in [0.15, 0.2) is 0 Å². The van der Waals surface area contributed by atoms with Crippen LogP contribution in [-0.4, -0.2) is 53.2 Å². The Hall–Kier alpha value is -3.35. The fourth-order valence-electron chi connectivity index (χ4n) is 6.13. The van der Waals surface area contributed by atoms with Gasteiger partial charge >= 0.3 is 12.1 Å². The maximum Gasteiger partial charge on any atom is 0.408 e. The quantitative estimate of drug-likeness (QED) is 0.703. The molecule has 1 saturated heterocycles. The third kappa shape index (κ3) is 3.83. The van der Waals surface area contributed by atoms with Crippen molar-refractivity contribution in [2.45, 2.75) is 38.1 Å². The summed E-state index contributed by atoms with van der Waals surface area (Å²) in [5, 5.41) is 12.3. The normalized spacial score (nSPS) is 23.2. The molecule has 7 nitrogen and oxygen atoms in total. The van der Waals surface area contributed by atoms with E-state index < -0.39 is 17.6 Å². The Labute approximate surface area is 199 Å². The first-order valence-electron chi connectivity index (χ1n) is 11.9. The number of benzene rings is 2. The average molecular weight is 463 g/mol. The van der Waals surface area contributed by atoms with Crippen molar-refractivity contribution in [3.63, 3.8) is 0 Å². The van der Waals surface area contributed by atoms with Crippen LogP contribution in [0.5, 0.6) is 0 Å². The van der Waals surface area contributed by atoms with Crippen molar-refractivity contribution in [2.75, 3.05) is 19.7 Å². The molecular formula is C27H30N2O5. The van der Waals surface area contributed by atoms with E-state index in [4.69, 9.17) is 4.74 Å². The number of carboxylic acid groups (broad SMARTS) is 1. The molecule has 1 saturated carbocycles. The van der Waals surface area contributed by atoms with E-state index in [0.717, 1.165) is 35.1 Å². The molecular weight excluding hydrogens is 432 g/mol. The molecule has 1 aliphatic heterocycles. The summed E-state index contributed by atoms with van der Waals surface area (Å²) < 4.78 is 5.62. The number of hydrogen-bond acceptors (Lipinski definition) is 4. The maximum atomic E-state index is 13.2. The minimum atomic E-state index is -1.15. The van der Waals surface area contributed by atoms with Crippen molar-refractivity contribution in [1.29, 1.82) is 0 Å². The number of nitrogens with one attached hydrogen (secondary N) is 1. The van der Waals surface area contributed by atoms with Crippen LogP contribution in [-0.2, 0) is 14.3 Å². The summed E-state index contributed by atoms with van der Waals surface area (Å²) in [4.78, 5) is 39.3. The zero-order chi connectivity index (χ0) is 24.0. The van der Waals surface area contributed by atoms with Crippen molar-refractivity contribution in [3.05, 3.63) is 59.7 Å². The van der Waals surface area contributed by atoms with Crippen molar-refractivity contribution >= 4 is 18.0 Å². The molecule has 3 aliphatic rings. The number of fused-ring (bicyclic) bond motifs is 5. The standard InChI is InChI=1S/C27H30N2O5/c1-27(2,25(32)29-13-16-11-12-17(14-29)23(16)24(30)31)28-26(33)34-15-22-20-9-5-3-7-18(20)19-8-4-6-10-21(19)22/h3-10,16-17,22-23H,11-15H2,1-2H3,(H,28,33)(H,30,31). The molecule has 2 aliphatic carbocycles. The number of aliphatic carboxylic acids is 1. The summed E-state index contributed by atoms with van der Waals surface area (Å²) in [7, 11) is 0. The zero-order valence-electron chi connectivity index (χ0n) is 19.5. The largest absolute Gasteiger partial charge is 0.481 e. The van der Waals surface area contributed by atoms with E-state index >= 15 is 0 Å². The van der Waals surface area contributed by atoms with Crippen molar-refractivity contribution < 1.29 is 24.2 Å².